The van der Waals surface area contributed by atoms with E-state index in [4.69, 9.17) is 18.0 Å². The molecule has 4 nitrogen and oxygen atoms in total. The standard InChI is InChI=1S/C15H21N3OS/c1-18(13-9-7-11(8-10-13)14(16)20)15(19)17-12-5-3-2-4-6-12/h7-10,12H,2-6H2,1H3,(H2,16,20)(H,17,19). The van der Waals surface area contributed by atoms with Crippen molar-refractivity contribution in [1.82, 2.24) is 5.32 Å². The zero-order valence-corrected chi connectivity index (χ0v) is 12.6. The summed E-state index contributed by atoms with van der Waals surface area (Å²) in [7, 11) is 1.77. The number of hydrogen-bond acceptors (Lipinski definition) is 2. The summed E-state index contributed by atoms with van der Waals surface area (Å²) in [6.45, 7) is 0. The van der Waals surface area contributed by atoms with Crippen molar-refractivity contribution < 1.29 is 4.79 Å². The summed E-state index contributed by atoms with van der Waals surface area (Å²) in [5, 5.41) is 3.09. The number of anilines is 1. The van der Waals surface area contributed by atoms with Crippen molar-refractivity contribution in [3.05, 3.63) is 29.8 Å². The Bertz CT molecular complexity index is 480. The molecule has 0 radical (unpaired) electrons. The van der Waals surface area contributed by atoms with Crippen molar-refractivity contribution in [3.8, 4) is 0 Å². The van der Waals surface area contributed by atoms with E-state index in [0.717, 1.165) is 24.1 Å². The minimum absolute atomic E-state index is 0.0556. The fourth-order valence-corrected chi connectivity index (χ4v) is 2.62. The molecular formula is C15H21N3OS. The third kappa shape index (κ3) is 3.70. The summed E-state index contributed by atoms with van der Waals surface area (Å²) in [6.07, 6.45) is 5.86. The molecule has 1 aliphatic rings. The van der Waals surface area contributed by atoms with Gasteiger partial charge in [0.2, 0.25) is 0 Å². The maximum Gasteiger partial charge on any atom is 0.321 e. The molecule has 0 saturated heterocycles. The Morgan fingerprint density at radius 3 is 2.40 bits per heavy atom. The van der Waals surface area contributed by atoms with E-state index in [-0.39, 0.29) is 6.03 Å². The van der Waals surface area contributed by atoms with Gasteiger partial charge in [-0.05, 0) is 37.1 Å². The number of carbonyl (C=O) groups is 1. The lowest BCUT2D eigenvalue weighted by Crippen LogP contribution is -2.43. The predicted molar refractivity (Wildman–Crippen MR) is 86.1 cm³/mol. The van der Waals surface area contributed by atoms with Crippen LogP contribution >= 0.6 is 12.2 Å². The fraction of sp³-hybridized carbons (Fsp3) is 0.467. The largest absolute Gasteiger partial charge is 0.389 e. The summed E-state index contributed by atoms with van der Waals surface area (Å²) >= 11 is 4.92. The molecule has 1 saturated carbocycles. The third-order valence-corrected chi connectivity index (χ3v) is 4.01. The van der Waals surface area contributed by atoms with Crippen molar-refractivity contribution in [1.29, 1.82) is 0 Å². The van der Waals surface area contributed by atoms with Gasteiger partial charge in [-0.15, -0.1) is 0 Å². The maximum atomic E-state index is 12.2. The van der Waals surface area contributed by atoms with Gasteiger partial charge in [0.25, 0.3) is 0 Å². The molecule has 0 heterocycles. The van der Waals surface area contributed by atoms with E-state index < -0.39 is 0 Å². The van der Waals surface area contributed by atoms with Gasteiger partial charge in [0.15, 0.2) is 0 Å². The van der Waals surface area contributed by atoms with Gasteiger partial charge >= 0.3 is 6.03 Å². The number of benzene rings is 1. The number of nitrogens with one attached hydrogen (secondary N) is 1. The van der Waals surface area contributed by atoms with Gasteiger partial charge in [0.1, 0.15) is 4.99 Å². The van der Waals surface area contributed by atoms with Crippen LogP contribution in [0.1, 0.15) is 37.7 Å². The lowest BCUT2D eigenvalue weighted by Gasteiger charge is -2.26. The average molecular weight is 291 g/mol. The van der Waals surface area contributed by atoms with Crippen LogP contribution in [-0.2, 0) is 0 Å². The molecule has 1 aromatic carbocycles. The second-order valence-electron chi connectivity index (χ2n) is 5.25. The molecule has 0 aliphatic heterocycles. The van der Waals surface area contributed by atoms with Crippen LogP contribution in [0.4, 0.5) is 10.5 Å². The van der Waals surface area contributed by atoms with E-state index in [0.29, 0.717) is 11.0 Å². The first-order valence-electron chi connectivity index (χ1n) is 7.02. The van der Waals surface area contributed by atoms with Crippen LogP contribution in [0.3, 0.4) is 0 Å². The molecule has 0 unspecified atom stereocenters. The Balaban J connectivity index is 1.96. The summed E-state index contributed by atoms with van der Waals surface area (Å²) in [5.74, 6) is 0. The van der Waals surface area contributed by atoms with Crippen molar-refractivity contribution in [2.45, 2.75) is 38.1 Å². The van der Waals surface area contributed by atoms with Crippen LogP contribution in [0.2, 0.25) is 0 Å². The quantitative estimate of drug-likeness (QED) is 0.842. The van der Waals surface area contributed by atoms with Crippen LogP contribution in [0.15, 0.2) is 24.3 Å². The lowest BCUT2D eigenvalue weighted by atomic mass is 9.96. The summed E-state index contributed by atoms with van der Waals surface area (Å²) < 4.78 is 0. The number of hydrogen-bond donors (Lipinski definition) is 2. The van der Waals surface area contributed by atoms with E-state index in [1.807, 2.05) is 24.3 Å². The monoisotopic (exact) mass is 291 g/mol. The Morgan fingerprint density at radius 2 is 1.85 bits per heavy atom. The van der Waals surface area contributed by atoms with Crippen molar-refractivity contribution in [3.63, 3.8) is 0 Å². The van der Waals surface area contributed by atoms with Crippen molar-refractivity contribution >= 4 is 28.9 Å². The molecule has 0 spiro atoms. The van der Waals surface area contributed by atoms with E-state index in [1.54, 1.807) is 11.9 Å². The molecule has 1 aliphatic carbocycles. The molecule has 2 amide bonds. The molecule has 0 bridgehead atoms. The highest BCUT2D eigenvalue weighted by Crippen LogP contribution is 2.19. The topological polar surface area (TPSA) is 58.4 Å². The van der Waals surface area contributed by atoms with Gasteiger partial charge in [0, 0.05) is 24.3 Å². The van der Waals surface area contributed by atoms with Crippen LogP contribution in [0.25, 0.3) is 0 Å². The van der Waals surface area contributed by atoms with E-state index in [1.165, 1.54) is 19.3 Å². The predicted octanol–water partition coefficient (Wildman–Crippen LogP) is 2.80. The number of urea groups is 1. The smallest absolute Gasteiger partial charge is 0.321 e. The van der Waals surface area contributed by atoms with Crippen LogP contribution in [0, 0.1) is 0 Å². The molecular weight excluding hydrogens is 270 g/mol. The minimum Gasteiger partial charge on any atom is -0.389 e. The number of thiocarbonyl (C=S) groups is 1. The molecule has 108 valence electrons. The van der Waals surface area contributed by atoms with Crippen LogP contribution in [0.5, 0.6) is 0 Å². The molecule has 20 heavy (non-hydrogen) atoms. The number of rotatable bonds is 3. The second-order valence-corrected chi connectivity index (χ2v) is 5.69. The zero-order chi connectivity index (χ0) is 14.5. The Kier molecular flexibility index (Phi) is 4.95. The Labute approximate surface area is 125 Å². The molecule has 0 atom stereocenters. The average Bonchev–Trinajstić information content (AvgIpc) is 2.47. The normalized spacial score (nSPS) is 15.7. The van der Waals surface area contributed by atoms with Gasteiger partial charge in [-0.25, -0.2) is 4.79 Å². The highest BCUT2D eigenvalue weighted by molar-refractivity contribution is 7.80. The van der Waals surface area contributed by atoms with Gasteiger partial charge < -0.3 is 11.1 Å². The molecule has 3 N–H and O–H groups in total. The number of carbonyl (C=O) groups excluding carboxylic acids is 1. The van der Waals surface area contributed by atoms with Gasteiger partial charge in [-0.1, -0.05) is 31.5 Å². The van der Waals surface area contributed by atoms with Crippen molar-refractivity contribution in [2.24, 2.45) is 5.73 Å². The first-order valence-corrected chi connectivity index (χ1v) is 7.43. The highest BCUT2D eigenvalue weighted by atomic mass is 32.1. The van der Waals surface area contributed by atoms with Gasteiger partial charge in [0.05, 0.1) is 0 Å². The van der Waals surface area contributed by atoms with Crippen LogP contribution < -0.4 is 16.0 Å². The lowest BCUT2D eigenvalue weighted by molar-refractivity contribution is 0.239. The summed E-state index contributed by atoms with van der Waals surface area (Å²) in [4.78, 5) is 14.2. The van der Waals surface area contributed by atoms with E-state index >= 15 is 0 Å². The molecule has 2 rings (SSSR count). The Morgan fingerprint density at radius 1 is 1.25 bits per heavy atom. The zero-order valence-electron chi connectivity index (χ0n) is 11.8. The maximum absolute atomic E-state index is 12.2. The number of nitrogens with zero attached hydrogens (tertiary/aromatic N) is 1. The summed E-state index contributed by atoms with van der Waals surface area (Å²) in [6, 6.07) is 7.64. The molecule has 5 heteroatoms. The fourth-order valence-electron chi connectivity index (χ4n) is 2.48. The number of amides is 2. The highest BCUT2D eigenvalue weighted by Gasteiger charge is 2.18. The molecule has 0 aromatic heterocycles. The van der Waals surface area contributed by atoms with Gasteiger partial charge in [-0.3, -0.25) is 4.90 Å². The summed E-state index contributed by atoms with van der Waals surface area (Å²) in [5.41, 5.74) is 7.20. The van der Waals surface area contributed by atoms with Gasteiger partial charge in [-0.2, -0.15) is 0 Å². The molecule has 1 fully saturated rings. The third-order valence-electron chi connectivity index (χ3n) is 3.78. The first kappa shape index (κ1) is 14.8. The van der Waals surface area contributed by atoms with E-state index in [9.17, 15) is 4.79 Å². The van der Waals surface area contributed by atoms with Crippen LogP contribution in [-0.4, -0.2) is 24.1 Å². The SMILES string of the molecule is CN(C(=O)NC1CCCCC1)c1ccc(C(N)=S)cc1. The molecule has 1 aromatic rings. The minimum atomic E-state index is -0.0556. The second kappa shape index (κ2) is 6.70. The van der Waals surface area contributed by atoms with Crippen molar-refractivity contribution in [2.75, 3.05) is 11.9 Å². The van der Waals surface area contributed by atoms with E-state index in [2.05, 4.69) is 5.32 Å². The Hall–Kier alpha value is -1.62. The number of nitrogens with two attached hydrogens (primary N) is 1. The first-order chi connectivity index (χ1) is 9.58.